The van der Waals surface area contributed by atoms with E-state index in [9.17, 15) is 4.79 Å². The summed E-state index contributed by atoms with van der Waals surface area (Å²) in [6.07, 6.45) is 13.0. The van der Waals surface area contributed by atoms with Crippen molar-refractivity contribution in [1.29, 1.82) is 0 Å². The average Bonchev–Trinajstić information content (AvgIpc) is 2.63. The molecule has 0 heterocycles. The molecule has 0 N–H and O–H groups in total. The zero-order valence-electron chi connectivity index (χ0n) is 15.6. The zero-order valence-corrected chi connectivity index (χ0v) is 15.6. The second-order valence-electron chi connectivity index (χ2n) is 8.20. The van der Waals surface area contributed by atoms with E-state index in [1.54, 1.807) is 0 Å². The van der Waals surface area contributed by atoms with Crippen LogP contribution in [0.1, 0.15) is 101 Å². The van der Waals surface area contributed by atoms with Gasteiger partial charge in [0.25, 0.3) is 0 Å². The molecule has 2 saturated carbocycles. The fourth-order valence-corrected chi connectivity index (χ4v) is 4.83. The molecule has 0 aromatic heterocycles. The summed E-state index contributed by atoms with van der Waals surface area (Å²) < 4.78 is 0. The van der Waals surface area contributed by atoms with Crippen LogP contribution < -0.4 is 0 Å². The molecule has 1 nitrogen and oxygen atoms in total. The van der Waals surface area contributed by atoms with Crippen LogP contribution in [0.2, 0.25) is 0 Å². The number of unbranched alkanes of at least 4 members (excludes halogenated alkanes) is 1. The van der Waals surface area contributed by atoms with Crippen LogP contribution in [0.3, 0.4) is 0 Å². The molecule has 0 saturated heterocycles. The predicted octanol–water partition coefficient (Wildman–Crippen LogP) is 6.62. The predicted molar refractivity (Wildman–Crippen MR) is 101 cm³/mol. The highest BCUT2D eigenvalue weighted by atomic mass is 16.1. The van der Waals surface area contributed by atoms with Crippen molar-refractivity contribution in [3.8, 4) is 0 Å². The Morgan fingerprint density at radius 3 is 2.12 bits per heavy atom. The Labute approximate surface area is 148 Å². The molecule has 0 amide bonds. The number of carbonyl (C=O) groups excluding carboxylic acids is 1. The Bertz CT molecular complexity index is 521. The van der Waals surface area contributed by atoms with Gasteiger partial charge < -0.3 is 0 Å². The second-order valence-corrected chi connectivity index (χ2v) is 8.20. The normalized spacial score (nSPS) is 30.2. The summed E-state index contributed by atoms with van der Waals surface area (Å²) >= 11 is 0. The Hall–Kier alpha value is -1.11. The topological polar surface area (TPSA) is 17.1 Å². The van der Waals surface area contributed by atoms with Gasteiger partial charge in [-0.1, -0.05) is 63.8 Å². The maximum atomic E-state index is 12.3. The van der Waals surface area contributed by atoms with Gasteiger partial charge in [0, 0.05) is 11.8 Å². The molecule has 2 atom stereocenters. The number of hydrogen-bond donors (Lipinski definition) is 0. The molecule has 1 aromatic carbocycles. The monoisotopic (exact) mass is 326 g/mol. The van der Waals surface area contributed by atoms with Gasteiger partial charge in [-0.25, -0.2) is 0 Å². The minimum absolute atomic E-state index is 0.195. The quantitative estimate of drug-likeness (QED) is 0.550. The van der Waals surface area contributed by atoms with Crippen molar-refractivity contribution >= 4 is 5.78 Å². The van der Waals surface area contributed by atoms with Gasteiger partial charge in [-0.2, -0.15) is 0 Å². The molecule has 132 valence electrons. The Balaban J connectivity index is 1.52. The molecule has 1 aromatic rings. The smallest absolute Gasteiger partial charge is 0.143 e. The lowest BCUT2D eigenvalue weighted by Gasteiger charge is -2.34. The van der Waals surface area contributed by atoms with E-state index in [1.807, 2.05) is 0 Å². The first-order valence-corrected chi connectivity index (χ1v) is 10.4. The third-order valence-electron chi connectivity index (χ3n) is 6.53. The molecule has 3 rings (SSSR count). The van der Waals surface area contributed by atoms with E-state index in [4.69, 9.17) is 0 Å². The molecule has 2 aliphatic carbocycles. The molecular formula is C23H34O. The second kappa shape index (κ2) is 8.32. The van der Waals surface area contributed by atoms with E-state index in [0.29, 0.717) is 11.7 Å². The fourth-order valence-electron chi connectivity index (χ4n) is 4.83. The summed E-state index contributed by atoms with van der Waals surface area (Å²) in [5, 5.41) is 0. The highest BCUT2D eigenvalue weighted by Gasteiger charge is 2.39. The van der Waals surface area contributed by atoms with Gasteiger partial charge >= 0.3 is 0 Å². The summed E-state index contributed by atoms with van der Waals surface area (Å²) in [6, 6.07) is 9.10. The Kier molecular flexibility index (Phi) is 6.14. The lowest BCUT2D eigenvalue weighted by atomic mass is 9.68. The third kappa shape index (κ3) is 3.92. The molecule has 0 aliphatic heterocycles. The third-order valence-corrected chi connectivity index (χ3v) is 6.53. The lowest BCUT2D eigenvalue weighted by molar-refractivity contribution is -0.132. The highest BCUT2D eigenvalue weighted by Crippen LogP contribution is 2.42. The molecular weight excluding hydrogens is 292 g/mol. The van der Waals surface area contributed by atoms with Crippen molar-refractivity contribution in [2.75, 3.05) is 0 Å². The van der Waals surface area contributed by atoms with Gasteiger partial charge in [-0.15, -0.1) is 0 Å². The van der Waals surface area contributed by atoms with Crippen molar-refractivity contribution in [3.63, 3.8) is 0 Å². The number of carbonyl (C=O) groups is 1. The van der Waals surface area contributed by atoms with Crippen LogP contribution in [0.5, 0.6) is 0 Å². The maximum absolute atomic E-state index is 12.3. The van der Waals surface area contributed by atoms with Crippen LogP contribution in [-0.4, -0.2) is 5.78 Å². The molecule has 2 fully saturated rings. The average molecular weight is 327 g/mol. The van der Waals surface area contributed by atoms with Crippen LogP contribution in [0, 0.1) is 11.8 Å². The maximum Gasteiger partial charge on any atom is 0.143 e. The SMILES string of the molecule is CCCCC1CCC(c2ccc(C3CC(CCC)C3=O)cc2)CC1. The summed E-state index contributed by atoms with van der Waals surface area (Å²) in [6.45, 7) is 4.47. The Morgan fingerprint density at radius 1 is 0.875 bits per heavy atom. The van der Waals surface area contributed by atoms with Crippen LogP contribution >= 0.6 is 0 Å². The molecule has 0 spiro atoms. The van der Waals surface area contributed by atoms with Gasteiger partial charge in [0.05, 0.1) is 0 Å². The first kappa shape index (κ1) is 17.7. The standard InChI is InChI=1S/C23H34O/c1-3-5-7-17-8-10-18(11-9-17)19-12-14-20(15-13-19)22-16-21(6-4-2)23(22)24/h12-15,17-18,21-22H,3-11,16H2,1-2H3. The molecule has 2 unspecified atom stereocenters. The van der Waals surface area contributed by atoms with Crippen molar-refractivity contribution in [3.05, 3.63) is 35.4 Å². The lowest BCUT2D eigenvalue weighted by Crippen LogP contribution is -2.35. The van der Waals surface area contributed by atoms with E-state index in [1.165, 1.54) is 56.1 Å². The first-order valence-electron chi connectivity index (χ1n) is 10.4. The summed E-state index contributed by atoms with van der Waals surface area (Å²) in [7, 11) is 0. The van der Waals surface area contributed by atoms with E-state index in [-0.39, 0.29) is 5.92 Å². The van der Waals surface area contributed by atoms with Gasteiger partial charge in [-0.05, 0) is 61.5 Å². The molecule has 24 heavy (non-hydrogen) atoms. The van der Waals surface area contributed by atoms with E-state index in [0.717, 1.165) is 31.1 Å². The molecule has 1 heteroatoms. The van der Waals surface area contributed by atoms with E-state index in [2.05, 4.69) is 38.1 Å². The molecule has 0 radical (unpaired) electrons. The van der Waals surface area contributed by atoms with E-state index < -0.39 is 0 Å². The first-order chi connectivity index (χ1) is 11.7. The molecule has 0 bridgehead atoms. The van der Waals surface area contributed by atoms with Gasteiger partial charge in [0.2, 0.25) is 0 Å². The largest absolute Gasteiger partial charge is 0.299 e. The van der Waals surface area contributed by atoms with Crippen LogP contribution in [0.15, 0.2) is 24.3 Å². The highest BCUT2D eigenvalue weighted by molar-refractivity contribution is 5.93. The van der Waals surface area contributed by atoms with Crippen molar-refractivity contribution < 1.29 is 4.79 Å². The van der Waals surface area contributed by atoms with Crippen LogP contribution in [0.25, 0.3) is 0 Å². The summed E-state index contributed by atoms with van der Waals surface area (Å²) in [5.41, 5.74) is 2.76. The number of rotatable bonds is 7. The summed E-state index contributed by atoms with van der Waals surface area (Å²) in [4.78, 5) is 12.3. The van der Waals surface area contributed by atoms with Crippen LogP contribution in [-0.2, 0) is 4.79 Å². The van der Waals surface area contributed by atoms with Gasteiger partial charge in [-0.3, -0.25) is 4.79 Å². The number of benzene rings is 1. The van der Waals surface area contributed by atoms with Crippen molar-refractivity contribution in [2.45, 2.75) is 89.9 Å². The minimum Gasteiger partial charge on any atom is -0.299 e. The van der Waals surface area contributed by atoms with Crippen LogP contribution in [0.4, 0.5) is 0 Å². The fraction of sp³-hybridized carbons (Fsp3) is 0.696. The summed E-state index contributed by atoms with van der Waals surface area (Å²) in [5.74, 6) is 2.75. The minimum atomic E-state index is 0.195. The van der Waals surface area contributed by atoms with E-state index >= 15 is 0 Å². The number of hydrogen-bond acceptors (Lipinski definition) is 1. The van der Waals surface area contributed by atoms with Gasteiger partial charge in [0.1, 0.15) is 5.78 Å². The zero-order chi connectivity index (χ0) is 16.9. The molecule has 2 aliphatic rings. The van der Waals surface area contributed by atoms with Crippen molar-refractivity contribution in [2.24, 2.45) is 11.8 Å². The Morgan fingerprint density at radius 2 is 1.54 bits per heavy atom. The number of Topliss-reactive ketones (excluding diaryl/α,β-unsaturated/α-hetero) is 1. The van der Waals surface area contributed by atoms with Gasteiger partial charge in [0.15, 0.2) is 0 Å². The number of ketones is 1. The van der Waals surface area contributed by atoms with Crippen molar-refractivity contribution in [1.82, 2.24) is 0 Å².